The van der Waals surface area contributed by atoms with Gasteiger partial charge in [-0.05, 0) is 18.9 Å². The molecule has 70 valence electrons. The second-order valence-corrected chi connectivity index (χ2v) is 3.46. The minimum atomic E-state index is 0.150. The standard InChI is InChI=1S/C9H13N3O/c1-7(13)12(9-2-3-9)6-8-4-5-10-11-8/h4-5,9H,2-3,6H2,1H3,(H,10,11). The van der Waals surface area contributed by atoms with Crippen molar-refractivity contribution in [2.24, 2.45) is 0 Å². The van der Waals surface area contributed by atoms with Gasteiger partial charge in [-0.2, -0.15) is 5.10 Å². The van der Waals surface area contributed by atoms with E-state index in [2.05, 4.69) is 10.2 Å². The number of aromatic nitrogens is 2. The number of carbonyl (C=O) groups is 1. The van der Waals surface area contributed by atoms with Gasteiger partial charge in [-0.15, -0.1) is 0 Å². The van der Waals surface area contributed by atoms with E-state index in [1.54, 1.807) is 13.1 Å². The van der Waals surface area contributed by atoms with Crippen LogP contribution in [-0.4, -0.2) is 27.0 Å². The molecule has 0 radical (unpaired) electrons. The first-order chi connectivity index (χ1) is 6.27. The molecule has 1 heterocycles. The molecule has 1 aliphatic carbocycles. The molecule has 4 nitrogen and oxygen atoms in total. The van der Waals surface area contributed by atoms with Gasteiger partial charge in [0.15, 0.2) is 0 Å². The van der Waals surface area contributed by atoms with E-state index >= 15 is 0 Å². The summed E-state index contributed by atoms with van der Waals surface area (Å²) in [6.45, 7) is 2.29. The largest absolute Gasteiger partial charge is 0.334 e. The van der Waals surface area contributed by atoms with E-state index in [0.717, 1.165) is 18.5 Å². The molecule has 1 fully saturated rings. The molecule has 0 bridgehead atoms. The maximum Gasteiger partial charge on any atom is 0.220 e. The van der Waals surface area contributed by atoms with Gasteiger partial charge >= 0.3 is 0 Å². The van der Waals surface area contributed by atoms with Crippen molar-refractivity contribution in [3.63, 3.8) is 0 Å². The van der Waals surface area contributed by atoms with Crippen LogP contribution in [0.5, 0.6) is 0 Å². The molecule has 0 aromatic carbocycles. The molecular formula is C9H13N3O. The molecule has 13 heavy (non-hydrogen) atoms. The average molecular weight is 179 g/mol. The Balaban J connectivity index is 2.01. The Hall–Kier alpha value is -1.32. The van der Waals surface area contributed by atoms with Crippen molar-refractivity contribution in [3.8, 4) is 0 Å². The quantitative estimate of drug-likeness (QED) is 0.750. The molecule has 1 aliphatic rings. The van der Waals surface area contributed by atoms with E-state index in [1.165, 1.54) is 0 Å². The average Bonchev–Trinajstić information content (AvgIpc) is 2.79. The zero-order chi connectivity index (χ0) is 9.26. The van der Waals surface area contributed by atoms with Gasteiger partial charge in [0.25, 0.3) is 0 Å². The lowest BCUT2D eigenvalue weighted by Crippen LogP contribution is -2.30. The molecule has 0 atom stereocenters. The van der Waals surface area contributed by atoms with Crippen molar-refractivity contribution < 1.29 is 4.79 Å². The molecular weight excluding hydrogens is 166 g/mol. The van der Waals surface area contributed by atoms with E-state index in [0.29, 0.717) is 12.6 Å². The number of H-pyrrole nitrogens is 1. The molecule has 1 aromatic heterocycles. The summed E-state index contributed by atoms with van der Waals surface area (Å²) in [5, 5.41) is 6.71. The third kappa shape index (κ3) is 1.88. The van der Waals surface area contributed by atoms with Gasteiger partial charge in [0, 0.05) is 19.2 Å². The van der Waals surface area contributed by atoms with E-state index in [9.17, 15) is 4.79 Å². The fourth-order valence-electron chi connectivity index (χ4n) is 1.44. The molecule has 0 spiro atoms. The summed E-state index contributed by atoms with van der Waals surface area (Å²) in [7, 11) is 0. The molecule has 2 rings (SSSR count). The van der Waals surface area contributed by atoms with E-state index in [4.69, 9.17) is 0 Å². The summed E-state index contributed by atoms with van der Waals surface area (Å²) in [6, 6.07) is 2.37. The van der Waals surface area contributed by atoms with Crippen LogP contribution in [0.4, 0.5) is 0 Å². The summed E-state index contributed by atoms with van der Waals surface area (Å²) in [5.74, 6) is 0.150. The number of hydrogen-bond donors (Lipinski definition) is 1. The topological polar surface area (TPSA) is 49.0 Å². The first kappa shape index (κ1) is 8.29. The van der Waals surface area contributed by atoms with Crippen LogP contribution in [0.3, 0.4) is 0 Å². The van der Waals surface area contributed by atoms with Gasteiger partial charge in [0.05, 0.1) is 12.2 Å². The molecule has 1 amide bonds. The zero-order valence-electron chi connectivity index (χ0n) is 7.66. The number of hydrogen-bond acceptors (Lipinski definition) is 2. The fourth-order valence-corrected chi connectivity index (χ4v) is 1.44. The predicted molar refractivity (Wildman–Crippen MR) is 47.8 cm³/mol. The number of nitrogens with one attached hydrogen (secondary N) is 1. The van der Waals surface area contributed by atoms with Crippen molar-refractivity contribution in [2.75, 3.05) is 0 Å². The Kier molecular flexibility index (Phi) is 2.04. The van der Waals surface area contributed by atoms with Crippen molar-refractivity contribution in [1.82, 2.24) is 15.1 Å². The first-order valence-corrected chi connectivity index (χ1v) is 4.53. The van der Waals surface area contributed by atoms with Crippen molar-refractivity contribution in [1.29, 1.82) is 0 Å². The summed E-state index contributed by atoms with van der Waals surface area (Å²) < 4.78 is 0. The maximum atomic E-state index is 11.2. The number of rotatable bonds is 3. The number of nitrogens with zero attached hydrogens (tertiary/aromatic N) is 2. The minimum Gasteiger partial charge on any atom is -0.334 e. The van der Waals surface area contributed by atoms with Crippen molar-refractivity contribution in [2.45, 2.75) is 32.4 Å². The first-order valence-electron chi connectivity index (χ1n) is 4.53. The summed E-state index contributed by atoms with van der Waals surface area (Å²) in [6.07, 6.45) is 4.00. The third-order valence-electron chi connectivity index (χ3n) is 2.29. The Labute approximate surface area is 76.9 Å². The minimum absolute atomic E-state index is 0.150. The van der Waals surface area contributed by atoms with Gasteiger partial charge in [0.1, 0.15) is 0 Å². The van der Waals surface area contributed by atoms with Gasteiger partial charge in [-0.1, -0.05) is 0 Å². The highest BCUT2D eigenvalue weighted by Crippen LogP contribution is 2.27. The molecule has 1 aromatic rings. The maximum absolute atomic E-state index is 11.2. The lowest BCUT2D eigenvalue weighted by atomic mass is 10.3. The smallest absolute Gasteiger partial charge is 0.220 e. The van der Waals surface area contributed by atoms with Gasteiger partial charge in [-0.25, -0.2) is 0 Å². The second kappa shape index (κ2) is 3.20. The molecule has 4 heteroatoms. The highest BCUT2D eigenvalue weighted by Gasteiger charge is 2.30. The van der Waals surface area contributed by atoms with E-state index < -0.39 is 0 Å². The SMILES string of the molecule is CC(=O)N(Cc1ccn[nH]1)C1CC1. The Morgan fingerprint density at radius 2 is 2.54 bits per heavy atom. The fraction of sp³-hybridized carbons (Fsp3) is 0.556. The number of amides is 1. The van der Waals surface area contributed by atoms with Crippen LogP contribution in [0.1, 0.15) is 25.5 Å². The van der Waals surface area contributed by atoms with Crippen molar-refractivity contribution in [3.05, 3.63) is 18.0 Å². The molecule has 0 saturated heterocycles. The summed E-state index contributed by atoms with van der Waals surface area (Å²) in [4.78, 5) is 13.1. The van der Waals surface area contributed by atoms with Crippen LogP contribution in [0, 0.1) is 0 Å². The van der Waals surface area contributed by atoms with Crippen LogP contribution < -0.4 is 0 Å². The molecule has 0 aliphatic heterocycles. The summed E-state index contributed by atoms with van der Waals surface area (Å²) in [5.41, 5.74) is 1.00. The van der Waals surface area contributed by atoms with Crippen LogP contribution in [0.25, 0.3) is 0 Å². The summed E-state index contributed by atoms with van der Waals surface area (Å²) >= 11 is 0. The van der Waals surface area contributed by atoms with Crippen LogP contribution in [0.15, 0.2) is 12.3 Å². The van der Waals surface area contributed by atoms with Crippen LogP contribution >= 0.6 is 0 Å². The Morgan fingerprint density at radius 3 is 3.00 bits per heavy atom. The highest BCUT2D eigenvalue weighted by molar-refractivity contribution is 5.73. The molecule has 1 N–H and O–H groups in total. The number of aromatic amines is 1. The monoisotopic (exact) mass is 179 g/mol. The van der Waals surface area contributed by atoms with Gasteiger partial charge < -0.3 is 4.90 Å². The predicted octanol–water partition coefficient (Wildman–Crippen LogP) is 0.921. The van der Waals surface area contributed by atoms with Gasteiger partial charge in [-0.3, -0.25) is 9.89 Å². The van der Waals surface area contributed by atoms with Crippen LogP contribution in [0.2, 0.25) is 0 Å². The number of carbonyl (C=O) groups excluding carboxylic acids is 1. The molecule has 1 saturated carbocycles. The second-order valence-electron chi connectivity index (χ2n) is 3.46. The molecule has 0 unspecified atom stereocenters. The normalized spacial score (nSPS) is 15.8. The highest BCUT2D eigenvalue weighted by atomic mass is 16.2. The third-order valence-corrected chi connectivity index (χ3v) is 2.29. The van der Waals surface area contributed by atoms with Gasteiger partial charge in [0.2, 0.25) is 5.91 Å². The van der Waals surface area contributed by atoms with Crippen molar-refractivity contribution >= 4 is 5.91 Å². The lowest BCUT2D eigenvalue weighted by molar-refractivity contribution is -0.130. The van der Waals surface area contributed by atoms with Crippen LogP contribution in [-0.2, 0) is 11.3 Å². The zero-order valence-corrected chi connectivity index (χ0v) is 7.66. The van der Waals surface area contributed by atoms with E-state index in [1.807, 2.05) is 11.0 Å². The Morgan fingerprint density at radius 1 is 1.77 bits per heavy atom. The Bertz CT molecular complexity index is 290. The lowest BCUT2D eigenvalue weighted by Gasteiger charge is -2.19. The van der Waals surface area contributed by atoms with E-state index in [-0.39, 0.29) is 5.91 Å².